The maximum atomic E-state index is 13.2. The van der Waals surface area contributed by atoms with E-state index < -0.39 is 0 Å². The van der Waals surface area contributed by atoms with Gasteiger partial charge in [0, 0.05) is 20.1 Å². The van der Waals surface area contributed by atoms with Crippen molar-refractivity contribution in [1.82, 2.24) is 19.7 Å². The molecule has 0 saturated carbocycles. The SMILES string of the molecule is Cn1nc(-c2cccs2)cc1C(=O)N1CCCC(c2nc3ccccc3o2)C1. The highest BCUT2D eigenvalue weighted by Crippen LogP contribution is 2.30. The lowest BCUT2D eigenvalue weighted by molar-refractivity contribution is 0.0688. The van der Waals surface area contributed by atoms with E-state index in [-0.39, 0.29) is 11.8 Å². The molecule has 1 aliphatic heterocycles. The first kappa shape index (κ1) is 17.2. The van der Waals surface area contributed by atoms with E-state index in [4.69, 9.17) is 4.42 Å². The van der Waals surface area contributed by atoms with E-state index in [1.807, 2.05) is 59.8 Å². The van der Waals surface area contributed by atoms with Crippen molar-refractivity contribution in [3.05, 3.63) is 59.4 Å². The Kier molecular flexibility index (Phi) is 4.24. The van der Waals surface area contributed by atoms with Gasteiger partial charge in [0.15, 0.2) is 11.5 Å². The molecule has 0 aliphatic carbocycles. The first-order valence-corrected chi connectivity index (χ1v) is 10.3. The van der Waals surface area contributed by atoms with Gasteiger partial charge in [-0.15, -0.1) is 11.3 Å². The molecule has 142 valence electrons. The molecule has 0 bridgehead atoms. The first-order valence-electron chi connectivity index (χ1n) is 9.42. The van der Waals surface area contributed by atoms with Crippen LogP contribution in [-0.4, -0.2) is 38.7 Å². The summed E-state index contributed by atoms with van der Waals surface area (Å²) < 4.78 is 7.63. The van der Waals surface area contributed by atoms with E-state index in [9.17, 15) is 4.79 Å². The molecular formula is C21H20N4O2S. The fraction of sp³-hybridized carbons (Fsp3) is 0.286. The van der Waals surface area contributed by atoms with Crippen molar-refractivity contribution >= 4 is 28.3 Å². The van der Waals surface area contributed by atoms with E-state index in [0.29, 0.717) is 12.2 Å². The van der Waals surface area contributed by atoms with E-state index >= 15 is 0 Å². The lowest BCUT2D eigenvalue weighted by Gasteiger charge is -2.31. The van der Waals surface area contributed by atoms with Gasteiger partial charge < -0.3 is 9.32 Å². The van der Waals surface area contributed by atoms with Crippen molar-refractivity contribution in [3.63, 3.8) is 0 Å². The highest BCUT2D eigenvalue weighted by molar-refractivity contribution is 7.13. The van der Waals surface area contributed by atoms with Gasteiger partial charge in [-0.05, 0) is 42.5 Å². The lowest BCUT2D eigenvalue weighted by Crippen LogP contribution is -2.40. The summed E-state index contributed by atoms with van der Waals surface area (Å²) in [6, 6.07) is 13.7. The Labute approximate surface area is 166 Å². The number of nitrogens with zero attached hydrogens (tertiary/aromatic N) is 4. The van der Waals surface area contributed by atoms with Gasteiger partial charge in [-0.2, -0.15) is 5.10 Å². The summed E-state index contributed by atoms with van der Waals surface area (Å²) in [7, 11) is 1.83. The summed E-state index contributed by atoms with van der Waals surface area (Å²) in [5, 5.41) is 6.54. The van der Waals surface area contributed by atoms with Crippen LogP contribution in [0.2, 0.25) is 0 Å². The lowest BCUT2D eigenvalue weighted by atomic mass is 9.97. The minimum absolute atomic E-state index is 0.0126. The second kappa shape index (κ2) is 6.91. The standard InChI is InChI=1S/C21H20N4O2S/c1-24-17(12-16(23-24)19-9-5-11-28-19)21(26)25-10-4-6-14(13-25)20-22-15-7-2-3-8-18(15)27-20/h2-3,5,7-9,11-12,14H,4,6,10,13H2,1H3. The van der Waals surface area contributed by atoms with Gasteiger partial charge in [-0.1, -0.05) is 18.2 Å². The fourth-order valence-electron chi connectivity index (χ4n) is 3.80. The number of rotatable bonds is 3. The number of benzene rings is 1. The molecule has 1 fully saturated rings. The highest BCUT2D eigenvalue weighted by Gasteiger charge is 2.30. The van der Waals surface area contributed by atoms with E-state index in [0.717, 1.165) is 46.9 Å². The number of hydrogen-bond acceptors (Lipinski definition) is 5. The third-order valence-electron chi connectivity index (χ3n) is 5.24. The van der Waals surface area contributed by atoms with Gasteiger partial charge in [-0.25, -0.2) is 4.98 Å². The summed E-state index contributed by atoms with van der Waals surface area (Å²) in [4.78, 5) is 20.8. The predicted octanol–water partition coefficient (Wildman–Crippen LogP) is 4.31. The largest absolute Gasteiger partial charge is 0.440 e. The quantitative estimate of drug-likeness (QED) is 0.521. The summed E-state index contributed by atoms with van der Waals surface area (Å²) in [6.07, 6.45) is 1.91. The van der Waals surface area contributed by atoms with Crippen molar-refractivity contribution in [1.29, 1.82) is 0 Å². The topological polar surface area (TPSA) is 64.2 Å². The number of fused-ring (bicyclic) bond motifs is 1. The number of para-hydroxylation sites is 2. The van der Waals surface area contributed by atoms with Gasteiger partial charge >= 0.3 is 0 Å². The van der Waals surface area contributed by atoms with E-state index in [2.05, 4.69) is 10.1 Å². The molecule has 5 rings (SSSR count). The van der Waals surface area contributed by atoms with Crippen molar-refractivity contribution in [2.75, 3.05) is 13.1 Å². The number of piperidine rings is 1. The van der Waals surface area contributed by atoms with Crippen molar-refractivity contribution in [2.24, 2.45) is 7.05 Å². The van der Waals surface area contributed by atoms with Crippen LogP contribution in [0.25, 0.3) is 21.7 Å². The summed E-state index contributed by atoms with van der Waals surface area (Å²) in [5.41, 5.74) is 3.12. The van der Waals surface area contributed by atoms with Crippen LogP contribution >= 0.6 is 11.3 Å². The average Bonchev–Trinajstić information content (AvgIpc) is 3.46. The van der Waals surface area contributed by atoms with Crippen LogP contribution in [0.15, 0.2) is 52.3 Å². The maximum absolute atomic E-state index is 13.2. The number of aromatic nitrogens is 3. The van der Waals surface area contributed by atoms with Crippen molar-refractivity contribution in [3.8, 4) is 10.6 Å². The molecule has 0 N–H and O–H groups in total. The summed E-state index contributed by atoms with van der Waals surface area (Å²) in [5.74, 6) is 0.858. The van der Waals surface area contributed by atoms with Gasteiger partial charge in [0.25, 0.3) is 5.91 Å². The smallest absolute Gasteiger partial charge is 0.272 e. The number of thiophene rings is 1. The minimum atomic E-state index is 0.0126. The fourth-order valence-corrected chi connectivity index (χ4v) is 4.48. The predicted molar refractivity (Wildman–Crippen MR) is 108 cm³/mol. The van der Waals surface area contributed by atoms with Crippen LogP contribution in [0.1, 0.15) is 35.1 Å². The number of carbonyl (C=O) groups is 1. The molecule has 1 aromatic carbocycles. The summed E-state index contributed by atoms with van der Waals surface area (Å²) in [6.45, 7) is 1.36. The molecule has 1 unspecified atom stereocenters. The zero-order valence-corrected chi connectivity index (χ0v) is 16.4. The van der Waals surface area contributed by atoms with Crippen LogP contribution in [-0.2, 0) is 7.05 Å². The van der Waals surface area contributed by atoms with Crippen molar-refractivity contribution < 1.29 is 9.21 Å². The number of hydrogen-bond donors (Lipinski definition) is 0. The van der Waals surface area contributed by atoms with Crippen LogP contribution in [0, 0.1) is 0 Å². The Hall–Kier alpha value is -2.93. The molecule has 1 atom stereocenters. The molecule has 28 heavy (non-hydrogen) atoms. The second-order valence-corrected chi connectivity index (χ2v) is 8.07. The first-order chi connectivity index (χ1) is 13.7. The van der Waals surface area contributed by atoms with Crippen LogP contribution < -0.4 is 0 Å². The molecule has 1 saturated heterocycles. The molecule has 4 aromatic rings. The molecule has 4 heterocycles. The Morgan fingerprint density at radius 1 is 1.25 bits per heavy atom. The number of likely N-dealkylation sites (tertiary alicyclic amines) is 1. The van der Waals surface area contributed by atoms with Gasteiger partial charge in [0.1, 0.15) is 16.9 Å². The number of oxazole rings is 1. The zero-order chi connectivity index (χ0) is 19.1. The summed E-state index contributed by atoms with van der Waals surface area (Å²) >= 11 is 1.62. The Balaban J connectivity index is 1.38. The van der Waals surface area contributed by atoms with Gasteiger partial charge in [0.2, 0.25) is 0 Å². The van der Waals surface area contributed by atoms with Crippen LogP contribution in [0.3, 0.4) is 0 Å². The Morgan fingerprint density at radius 3 is 2.96 bits per heavy atom. The average molecular weight is 392 g/mol. The molecule has 0 radical (unpaired) electrons. The van der Waals surface area contributed by atoms with E-state index in [1.54, 1.807) is 16.0 Å². The van der Waals surface area contributed by atoms with Crippen LogP contribution in [0.5, 0.6) is 0 Å². The zero-order valence-electron chi connectivity index (χ0n) is 15.5. The molecule has 6 nitrogen and oxygen atoms in total. The molecule has 0 spiro atoms. The van der Waals surface area contributed by atoms with E-state index in [1.165, 1.54) is 0 Å². The molecule has 7 heteroatoms. The molecule has 1 amide bonds. The third-order valence-corrected chi connectivity index (χ3v) is 6.13. The molecular weight excluding hydrogens is 372 g/mol. The number of carbonyl (C=O) groups excluding carboxylic acids is 1. The molecule has 3 aromatic heterocycles. The monoisotopic (exact) mass is 392 g/mol. The molecule has 1 aliphatic rings. The minimum Gasteiger partial charge on any atom is -0.440 e. The third kappa shape index (κ3) is 3.01. The normalized spacial score (nSPS) is 17.3. The highest BCUT2D eigenvalue weighted by atomic mass is 32.1. The maximum Gasteiger partial charge on any atom is 0.272 e. The Bertz CT molecular complexity index is 1100. The second-order valence-electron chi connectivity index (χ2n) is 7.13. The van der Waals surface area contributed by atoms with Crippen LogP contribution in [0.4, 0.5) is 0 Å². The van der Waals surface area contributed by atoms with Crippen molar-refractivity contribution in [2.45, 2.75) is 18.8 Å². The van der Waals surface area contributed by atoms with Gasteiger partial charge in [0.05, 0.1) is 10.8 Å². The van der Waals surface area contributed by atoms with Gasteiger partial charge in [-0.3, -0.25) is 9.48 Å². The Morgan fingerprint density at radius 2 is 2.14 bits per heavy atom. The number of aryl methyl sites for hydroxylation is 1. The number of amides is 1.